The van der Waals surface area contributed by atoms with Gasteiger partial charge < -0.3 is 25.4 Å². The lowest BCUT2D eigenvalue weighted by molar-refractivity contribution is -0.142. The molecule has 8 nitrogen and oxygen atoms in total. The van der Waals surface area contributed by atoms with E-state index in [2.05, 4.69) is 24.5 Å². The van der Waals surface area contributed by atoms with Crippen LogP contribution in [-0.4, -0.2) is 52.6 Å². The molecule has 0 saturated heterocycles. The maximum atomic E-state index is 13.7. The predicted octanol–water partition coefficient (Wildman–Crippen LogP) is 5.76. The second-order valence-corrected chi connectivity index (χ2v) is 10.7. The zero-order valence-electron chi connectivity index (χ0n) is 24.0. The molecule has 210 valence electrons. The molecule has 3 amide bonds. The summed E-state index contributed by atoms with van der Waals surface area (Å²) in [6, 6.07) is 3.27. The normalized spacial score (nSPS) is 12.9. The Labute approximate surface area is 223 Å². The van der Waals surface area contributed by atoms with Crippen molar-refractivity contribution in [3.05, 3.63) is 29.3 Å². The Kier molecular flexibility index (Phi) is 14.1. The van der Waals surface area contributed by atoms with Crippen LogP contribution in [0.4, 0.5) is 4.79 Å². The van der Waals surface area contributed by atoms with Crippen molar-refractivity contribution in [2.24, 2.45) is 0 Å². The lowest BCUT2D eigenvalue weighted by Crippen LogP contribution is -2.52. The number of carbonyl (C=O) groups excluding carboxylic acids is 3. The number of hydrogen-bond acceptors (Lipinski definition) is 5. The molecule has 0 heterocycles. The van der Waals surface area contributed by atoms with Crippen LogP contribution >= 0.6 is 0 Å². The van der Waals surface area contributed by atoms with E-state index in [1.54, 1.807) is 52.8 Å². The molecule has 0 aromatic heterocycles. The van der Waals surface area contributed by atoms with Crippen molar-refractivity contribution in [2.45, 2.75) is 118 Å². The minimum atomic E-state index is -1.02. The van der Waals surface area contributed by atoms with Gasteiger partial charge in [0.05, 0.1) is 0 Å². The number of amides is 3. The first-order valence-electron chi connectivity index (χ1n) is 13.8. The number of hydrogen-bond donors (Lipinski definition) is 3. The third-order valence-corrected chi connectivity index (χ3v) is 6.09. The zero-order valence-corrected chi connectivity index (χ0v) is 24.0. The molecule has 0 aliphatic heterocycles. The second kappa shape index (κ2) is 16.2. The van der Waals surface area contributed by atoms with Gasteiger partial charge in [-0.3, -0.25) is 9.59 Å². The molecule has 8 heteroatoms. The molecule has 2 atom stereocenters. The molecule has 0 saturated carbocycles. The number of nitrogens with zero attached hydrogens (tertiary/aromatic N) is 1. The lowest BCUT2D eigenvalue weighted by Gasteiger charge is -2.34. The minimum absolute atomic E-state index is 0.00672. The quantitative estimate of drug-likeness (QED) is 0.255. The third kappa shape index (κ3) is 11.4. The highest BCUT2D eigenvalue weighted by atomic mass is 16.6. The molecule has 0 radical (unpaired) electrons. The molecule has 0 aliphatic rings. The maximum Gasteiger partial charge on any atom is 0.408 e. The number of carbonyl (C=O) groups is 3. The van der Waals surface area contributed by atoms with E-state index in [9.17, 15) is 19.5 Å². The highest BCUT2D eigenvalue weighted by Crippen LogP contribution is 2.32. The van der Waals surface area contributed by atoms with Gasteiger partial charge in [-0.05, 0) is 53.0 Å². The molecule has 1 aromatic carbocycles. The summed E-state index contributed by atoms with van der Waals surface area (Å²) in [6.45, 7) is 13.6. The molecule has 2 unspecified atom stereocenters. The lowest BCUT2D eigenvalue weighted by atomic mass is 9.98. The number of aryl methyl sites for hydroxylation is 1. The van der Waals surface area contributed by atoms with Crippen LogP contribution < -0.4 is 10.6 Å². The van der Waals surface area contributed by atoms with E-state index in [0.29, 0.717) is 30.6 Å². The highest BCUT2D eigenvalue weighted by Gasteiger charge is 2.36. The summed E-state index contributed by atoms with van der Waals surface area (Å²) in [5.41, 5.74) is 0.288. The van der Waals surface area contributed by atoms with Crippen molar-refractivity contribution >= 4 is 17.9 Å². The number of ether oxygens (including phenoxy) is 1. The van der Waals surface area contributed by atoms with Crippen LogP contribution in [-0.2, 0) is 14.3 Å². The Hall–Kier alpha value is -2.77. The van der Waals surface area contributed by atoms with E-state index < -0.39 is 29.7 Å². The molecule has 0 spiro atoms. The molecule has 0 aliphatic carbocycles. The van der Waals surface area contributed by atoms with Gasteiger partial charge in [-0.15, -0.1) is 0 Å². The number of para-hydroxylation sites is 1. The summed E-state index contributed by atoms with van der Waals surface area (Å²) in [5.74, 6) is -0.757. The predicted molar refractivity (Wildman–Crippen MR) is 147 cm³/mol. The Morgan fingerprint density at radius 1 is 1.00 bits per heavy atom. The van der Waals surface area contributed by atoms with Crippen molar-refractivity contribution in [3.63, 3.8) is 0 Å². The van der Waals surface area contributed by atoms with Crippen LogP contribution in [0.5, 0.6) is 5.75 Å². The average Bonchev–Trinajstić information content (AvgIpc) is 2.81. The topological polar surface area (TPSA) is 108 Å². The standard InChI is InChI=1S/C29H49N3O5/c1-8-10-12-13-15-20-32(27(35)22(4)31-28(36)37-29(5,6)7)24(26(34)30-19-14-11-9-2)23-18-16-17-21(3)25(23)33/h16-18,22,24,33H,8-15,19-20H2,1-7H3,(H,30,34)(H,31,36). The van der Waals surface area contributed by atoms with Crippen molar-refractivity contribution < 1.29 is 24.2 Å². The summed E-state index contributed by atoms with van der Waals surface area (Å²) < 4.78 is 5.33. The summed E-state index contributed by atoms with van der Waals surface area (Å²) in [7, 11) is 0. The SMILES string of the molecule is CCCCCCCN(C(=O)C(C)NC(=O)OC(C)(C)C)C(C(=O)NCCCCC)c1cccc(C)c1O. The van der Waals surface area contributed by atoms with Gasteiger partial charge in [0.15, 0.2) is 0 Å². The first-order chi connectivity index (χ1) is 17.4. The molecule has 0 fully saturated rings. The van der Waals surface area contributed by atoms with Crippen LogP contribution in [0.25, 0.3) is 0 Å². The monoisotopic (exact) mass is 519 g/mol. The summed E-state index contributed by atoms with van der Waals surface area (Å²) in [4.78, 5) is 41.2. The number of phenolic OH excluding ortho intramolecular Hbond substituents is 1. The minimum Gasteiger partial charge on any atom is -0.507 e. The van der Waals surface area contributed by atoms with E-state index in [1.165, 1.54) is 4.90 Å². The molecule has 37 heavy (non-hydrogen) atoms. The smallest absolute Gasteiger partial charge is 0.408 e. The Morgan fingerprint density at radius 3 is 2.24 bits per heavy atom. The molecular weight excluding hydrogens is 470 g/mol. The average molecular weight is 520 g/mol. The fourth-order valence-electron chi connectivity index (χ4n) is 4.08. The van der Waals surface area contributed by atoms with E-state index in [-0.39, 0.29) is 11.7 Å². The van der Waals surface area contributed by atoms with Crippen molar-refractivity contribution in [1.82, 2.24) is 15.5 Å². The van der Waals surface area contributed by atoms with Crippen LogP contribution in [0.2, 0.25) is 0 Å². The molecule has 1 aromatic rings. The first kappa shape index (κ1) is 32.3. The third-order valence-electron chi connectivity index (χ3n) is 6.09. The number of unbranched alkanes of at least 4 members (excludes halogenated alkanes) is 6. The van der Waals surface area contributed by atoms with Crippen LogP contribution in [0.1, 0.15) is 110 Å². The van der Waals surface area contributed by atoms with Crippen LogP contribution in [0, 0.1) is 6.92 Å². The Balaban J connectivity index is 3.32. The van der Waals surface area contributed by atoms with Gasteiger partial charge in [0.1, 0.15) is 23.4 Å². The summed E-state index contributed by atoms with van der Waals surface area (Å²) in [5, 5.41) is 16.5. The van der Waals surface area contributed by atoms with Gasteiger partial charge >= 0.3 is 6.09 Å². The van der Waals surface area contributed by atoms with Crippen LogP contribution in [0.3, 0.4) is 0 Å². The molecule has 1 rings (SSSR count). The first-order valence-corrected chi connectivity index (χ1v) is 13.8. The van der Waals surface area contributed by atoms with Crippen molar-refractivity contribution in [1.29, 1.82) is 0 Å². The number of aromatic hydroxyl groups is 1. The fraction of sp³-hybridized carbons (Fsp3) is 0.690. The number of nitrogens with one attached hydrogen (secondary N) is 2. The van der Waals surface area contributed by atoms with Gasteiger partial charge in [0.2, 0.25) is 11.8 Å². The van der Waals surface area contributed by atoms with Crippen LogP contribution in [0.15, 0.2) is 18.2 Å². The van der Waals surface area contributed by atoms with Gasteiger partial charge in [-0.1, -0.05) is 70.6 Å². The Bertz CT molecular complexity index is 866. The number of rotatable bonds is 15. The summed E-state index contributed by atoms with van der Waals surface area (Å²) in [6.07, 6.45) is 6.99. The Morgan fingerprint density at radius 2 is 1.62 bits per heavy atom. The molecule has 0 bridgehead atoms. The van der Waals surface area contributed by atoms with Crippen molar-refractivity contribution in [2.75, 3.05) is 13.1 Å². The van der Waals surface area contributed by atoms with Crippen molar-refractivity contribution in [3.8, 4) is 5.75 Å². The second-order valence-electron chi connectivity index (χ2n) is 10.7. The fourth-order valence-corrected chi connectivity index (χ4v) is 4.08. The van der Waals surface area contributed by atoms with Gasteiger partial charge in [0, 0.05) is 18.7 Å². The number of benzene rings is 1. The van der Waals surface area contributed by atoms with Gasteiger partial charge in [0.25, 0.3) is 0 Å². The maximum absolute atomic E-state index is 13.7. The largest absolute Gasteiger partial charge is 0.507 e. The molecule has 3 N–H and O–H groups in total. The number of alkyl carbamates (subject to hydrolysis) is 1. The van der Waals surface area contributed by atoms with E-state index in [0.717, 1.165) is 44.9 Å². The van der Waals surface area contributed by atoms with Gasteiger partial charge in [-0.25, -0.2) is 4.79 Å². The summed E-state index contributed by atoms with van der Waals surface area (Å²) >= 11 is 0. The van der Waals surface area contributed by atoms with E-state index >= 15 is 0 Å². The molecular formula is C29H49N3O5. The number of phenols is 1. The highest BCUT2D eigenvalue weighted by molar-refractivity contribution is 5.92. The zero-order chi connectivity index (χ0) is 28.0. The van der Waals surface area contributed by atoms with E-state index in [4.69, 9.17) is 4.74 Å². The van der Waals surface area contributed by atoms with E-state index in [1.807, 2.05) is 0 Å². The van der Waals surface area contributed by atoms with Gasteiger partial charge in [-0.2, -0.15) is 0 Å².